The van der Waals surface area contributed by atoms with Gasteiger partial charge in [0.1, 0.15) is 0 Å². The number of carbonyl (C=O) groups is 1. The minimum Gasteiger partial charge on any atom is -0.335 e. The molecule has 0 aromatic heterocycles. The summed E-state index contributed by atoms with van der Waals surface area (Å²) in [6.07, 6.45) is 2.87. The number of hydrogen-bond acceptors (Lipinski definition) is 4. The average molecular weight is 328 g/mol. The van der Waals surface area contributed by atoms with Gasteiger partial charge in [0.05, 0.1) is 4.92 Å². The molecule has 1 rings (SSSR count). The summed E-state index contributed by atoms with van der Waals surface area (Å²) in [6.45, 7) is 5.22. The molecule has 1 N–H and O–H groups in total. The molecule has 0 unspecified atom stereocenters. The molecule has 0 fully saturated rings. The smallest absolute Gasteiger partial charge is 0.269 e. The van der Waals surface area contributed by atoms with Crippen LogP contribution in [0.25, 0.3) is 0 Å². The van der Waals surface area contributed by atoms with Gasteiger partial charge in [-0.2, -0.15) is 0 Å². The van der Waals surface area contributed by atoms with Gasteiger partial charge < -0.3 is 10.2 Å². The third kappa shape index (κ3) is 6.69. The largest absolute Gasteiger partial charge is 0.335 e. The van der Waals surface area contributed by atoms with Gasteiger partial charge in [-0.05, 0) is 25.6 Å². The summed E-state index contributed by atoms with van der Waals surface area (Å²) < 4.78 is 0. The maximum atomic E-state index is 12.1. The molecular formula is C15H22ClN3O3. The molecule has 0 heterocycles. The molecular weight excluding hydrogens is 306 g/mol. The number of nitrogens with one attached hydrogen (secondary N) is 1. The quantitative estimate of drug-likeness (QED) is 0.327. The van der Waals surface area contributed by atoms with E-state index in [0.717, 1.165) is 18.5 Å². The molecule has 122 valence electrons. The van der Waals surface area contributed by atoms with Gasteiger partial charge in [-0.25, -0.2) is 0 Å². The summed E-state index contributed by atoms with van der Waals surface area (Å²) in [6, 6.07) is 6.35. The van der Waals surface area contributed by atoms with Crippen LogP contribution in [0.3, 0.4) is 0 Å². The Hall–Kier alpha value is -1.92. The Morgan fingerprint density at radius 1 is 1.50 bits per heavy atom. The molecule has 1 amide bonds. The number of hydrogen-bond donors (Lipinski definition) is 1. The van der Waals surface area contributed by atoms with E-state index in [2.05, 4.69) is 11.9 Å². The van der Waals surface area contributed by atoms with Crippen molar-refractivity contribution in [1.29, 1.82) is 0 Å². The number of carbonyl (C=O) groups excluding carboxylic acids is 1. The van der Waals surface area contributed by atoms with E-state index in [4.69, 9.17) is 0 Å². The van der Waals surface area contributed by atoms with E-state index in [1.165, 1.54) is 12.1 Å². The van der Waals surface area contributed by atoms with E-state index < -0.39 is 4.92 Å². The molecule has 1 aromatic carbocycles. The number of benzene rings is 1. The first-order valence-electron chi connectivity index (χ1n) is 6.85. The SMILES string of the molecule is C=CCN(Cc1cccc([N+](=O)[O-])c1)C(=O)CCCNC.Cl. The van der Waals surface area contributed by atoms with Crippen molar-refractivity contribution in [2.24, 2.45) is 0 Å². The Morgan fingerprint density at radius 3 is 2.82 bits per heavy atom. The molecule has 7 heteroatoms. The molecule has 0 aliphatic carbocycles. The molecule has 0 aliphatic rings. The Bertz CT molecular complexity index is 509. The first-order valence-corrected chi connectivity index (χ1v) is 6.85. The lowest BCUT2D eigenvalue weighted by Gasteiger charge is -2.21. The van der Waals surface area contributed by atoms with Gasteiger partial charge in [0.15, 0.2) is 0 Å². The Labute approximate surface area is 136 Å². The minimum absolute atomic E-state index is 0. The highest BCUT2D eigenvalue weighted by Gasteiger charge is 2.14. The molecule has 0 atom stereocenters. The Balaban J connectivity index is 0.00000441. The topological polar surface area (TPSA) is 75.5 Å². The van der Waals surface area contributed by atoms with Crippen LogP contribution < -0.4 is 5.32 Å². The summed E-state index contributed by atoms with van der Waals surface area (Å²) in [5.41, 5.74) is 0.779. The first kappa shape index (κ1) is 20.1. The minimum atomic E-state index is -0.434. The van der Waals surface area contributed by atoms with Crippen LogP contribution in [0.4, 0.5) is 5.69 Å². The average Bonchev–Trinajstić information content (AvgIpc) is 2.47. The standard InChI is InChI=1S/C15H21N3O3.ClH/c1-3-10-17(15(19)8-5-9-16-2)12-13-6-4-7-14(11-13)18(20)21;/h3-4,6-7,11,16H,1,5,8-10,12H2,2H3;1H. The van der Waals surface area contributed by atoms with Gasteiger partial charge in [-0.3, -0.25) is 14.9 Å². The molecule has 0 saturated heterocycles. The van der Waals surface area contributed by atoms with Gasteiger partial charge in [0, 0.05) is 31.6 Å². The number of nitrogens with zero attached hydrogens (tertiary/aromatic N) is 2. The van der Waals surface area contributed by atoms with Gasteiger partial charge >= 0.3 is 0 Å². The highest BCUT2D eigenvalue weighted by Crippen LogP contribution is 2.15. The summed E-state index contributed by atoms with van der Waals surface area (Å²) in [7, 11) is 1.84. The van der Waals surface area contributed by atoms with Crippen molar-refractivity contribution >= 4 is 24.0 Å². The third-order valence-corrected chi connectivity index (χ3v) is 3.01. The lowest BCUT2D eigenvalue weighted by Crippen LogP contribution is -2.31. The molecule has 0 spiro atoms. The summed E-state index contributed by atoms with van der Waals surface area (Å²) in [4.78, 5) is 24.1. The molecule has 0 aliphatic heterocycles. The van der Waals surface area contributed by atoms with Gasteiger partial charge in [0.2, 0.25) is 5.91 Å². The lowest BCUT2D eigenvalue weighted by atomic mass is 10.1. The molecule has 6 nitrogen and oxygen atoms in total. The zero-order chi connectivity index (χ0) is 15.7. The molecule has 1 aromatic rings. The van der Waals surface area contributed by atoms with Crippen LogP contribution >= 0.6 is 12.4 Å². The van der Waals surface area contributed by atoms with E-state index >= 15 is 0 Å². The molecule has 0 radical (unpaired) electrons. The number of halogens is 1. The fourth-order valence-corrected chi connectivity index (χ4v) is 1.97. The van der Waals surface area contributed by atoms with Crippen molar-refractivity contribution in [3.05, 3.63) is 52.6 Å². The van der Waals surface area contributed by atoms with Crippen molar-refractivity contribution in [2.75, 3.05) is 20.1 Å². The predicted molar refractivity (Wildman–Crippen MR) is 89.1 cm³/mol. The number of nitro groups is 1. The number of nitro benzene ring substituents is 1. The maximum absolute atomic E-state index is 12.1. The highest BCUT2D eigenvalue weighted by atomic mass is 35.5. The van der Waals surface area contributed by atoms with Crippen LogP contribution in [0.5, 0.6) is 0 Å². The Kier molecular flexibility index (Phi) is 9.82. The molecule has 22 heavy (non-hydrogen) atoms. The van der Waals surface area contributed by atoms with Crippen LogP contribution in [-0.2, 0) is 11.3 Å². The molecule has 0 bridgehead atoms. The number of rotatable bonds is 9. The summed E-state index contributed by atoms with van der Waals surface area (Å²) in [5, 5.41) is 13.8. The lowest BCUT2D eigenvalue weighted by molar-refractivity contribution is -0.384. The van der Waals surface area contributed by atoms with Crippen molar-refractivity contribution in [2.45, 2.75) is 19.4 Å². The fraction of sp³-hybridized carbons (Fsp3) is 0.400. The van der Waals surface area contributed by atoms with Crippen molar-refractivity contribution in [3.63, 3.8) is 0 Å². The van der Waals surface area contributed by atoms with Crippen molar-refractivity contribution < 1.29 is 9.72 Å². The van der Waals surface area contributed by atoms with Gasteiger partial charge in [-0.1, -0.05) is 18.2 Å². The van der Waals surface area contributed by atoms with E-state index in [0.29, 0.717) is 19.5 Å². The van der Waals surface area contributed by atoms with Crippen LogP contribution in [0.15, 0.2) is 36.9 Å². The van der Waals surface area contributed by atoms with Crippen LogP contribution in [0.1, 0.15) is 18.4 Å². The van der Waals surface area contributed by atoms with E-state index in [1.54, 1.807) is 23.1 Å². The summed E-state index contributed by atoms with van der Waals surface area (Å²) in [5.74, 6) is 0.0247. The van der Waals surface area contributed by atoms with E-state index in [9.17, 15) is 14.9 Å². The second kappa shape index (κ2) is 10.8. The summed E-state index contributed by atoms with van der Waals surface area (Å²) >= 11 is 0. The normalized spacial score (nSPS) is 9.68. The van der Waals surface area contributed by atoms with E-state index in [1.807, 2.05) is 7.05 Å². The fourth-order valence-electron chi connectivity index (χ4n) is 1.97. The van der Waals surface area contributed by atoms with E-state index in [-0.39, 0.29) is 24.0 Å². The zero-order valence-corrected chi connectivity index (χ0v) is 13.5. The van der Waals surface area contributed by atoms with Gasteiger partial charge in [0.25, 0.3) is 5.69 Å². The highest BCUT2D eigenvalue weighted by molar-refractivity contribution is 5.85. The zero-order valence-electron chi connectivity index (χ0n) is 12.7. The van der Waals surface area contributed by atoms with Gasteiger partial charge in [-0.15, -0.1) is 19.0 Å². The van der Waals surface area contributed by atoms with Crippen molar-refractivity contribution in [1.82, 2.24) is 10.2 Å². The third-order valence-electron chi connectivity index (χ3n) is 3.01. The van der Waals surface area contributed by atoms with Crippen molar-refractivity contribution in [3.8, 4) is 0 Å². The number of non-ortho nitro benzene ring substituents is 1. The second-order valence-corrected chi connectivity index (χ2v) is 4.70. The monoisotopic (exact) mass is 327 g/mol. The molecule has 0 saturated carbocycles. The van der Waals surface area contributed by atoms with Crippen LogP contribution in [-0.4, -0.2) is 35.9 Å². The Morgan fingerprint density at radius 2 is 2.23 bits per heavy atom. The second-order valence-electron chi connectivity index (χ2n) is 4.70. The maximum Gasteiger partial charge on any atom is 0.269 e. The van der Waals surface area contributed by atoms with Crippen LogP contribution in [0, 0.1) is 10.1 Å². The first-order chi connectivity index (χ1) is 10.1. The van der Waals surface area contributed by atoms with Crippen LogP contribution in [0.2, 0.25) is 0 Å². The number of amides is 1. The predicted octanol–water partition coefficient (Wildman–Crippen LogP) is 2.53.